The molecule has 1 saturated heterocycles. The first-order valence-corrected chi connectivity index (χ1v) is 7.01. The van der Waals surface area contributed by atoms with Gasteiger partial charge in [-0.25, -0.2) is 0 Å². The summed E-state index contributed by atoms with van der Waals surface area (Å²) in [6.07, 6.45) is 0.892. The number of piperazine rings is 1. The van der Waals surface area contributed by atoms with Crippen LogP contribution >= 0.6 is 0 Å². The maximum atomic E-state index is 12.4. The van der Waals surface area contributed by atoms with Crippen molar-refractivity contribution in [2.45, 2.75) is 39.2 Å². The van der Waals surface area contributed by atoms with Crippen LogP contribution in [-0.2, 0) is 20.8 Å². The Morgan fingerprint density at radius 3 is 2.62 bits per heavy atom. The van der Waals surface area contributed by atoms with Crippen LogP contribution in [0, 0.1) is 6.92 Å². The SMILES string of the molecule is Cc1ccccc1CCC(=O)N1CC(=O)NC(=O)C1(C)C. The third-order valence-corrected chi connectivity index (χ3v) is 3.96. The van der Waals surface area contributed by atoms with Crippen LogP contribution in [0.3, 0.4) is 0 Å². The number of rotatable bonds is 3. The third-order valence-electron chi connectivity index (χ3n) is 3.96. The number of nitrogens with one attached hydrogen (secondary N) is 1. The van der Waals surface area contributed by atoms with Gasteiger partial charge in [0, 0.05) is 6.42 Å². The van der Waals surface area contributed by atoms with Gasteiger partial charge in [-0.2, -0.15) is 0 Å². The number of hydrogen-bond donors (Lipinski definition) is 1. The molecule has 1 aliphatic heterocycles. The van der Waals surface area contributed by atoms with Crippen LogP contribution in [0.4, 0.5) is 0 Å². The normalized spacial score (nSPS) is 17.6. The molecule has 0 atom stereocenters. The predicted octanol–water partition coefficient (Wildman–Crippen LogP) is 1.19. The van der Waals surface area contributed by atoms with E-state index in [2.05, 4.69) is 5.32 Å². The molecule has 0 unspecified atom stereocenters. The molecule has 0 spiro atoms. The summed E-state index contributed by atoms with van der Waals surface area (Å²) in [5.74, 6) is -1.03. The number of hydrogen-bond acceptors (Lipinski definition) is 3. The second-order valence-electron chi connectivity index (χ2n) is 5.84. The molecule has 5 heteroatoms. The molecule has 1 N–H and O–H groups in total. The first-order chi connectivity index (χ1) is 9.82. The van der Waals surface area contributed by atoms with Gasteiger partial charge < -0.3 is 4.90 Å². The van der Waals surface area contributed by atoms with Gasteiger partial charge in [0.25, 0.3) is 5.91 Å². The van der Waals surface area contributed by atoms with Crippen molar-refractivity contribution in [2.75, 3.05) is 6.54 Å². The number of imide groups is 1. The molecule has 0 radical (unpaired) electrons. The van der Waals surface area contributed by atoms with Crippen molar-refractivity contribution in [2.24, 2.45) is 0 Å². The van der Waals surface area contributed by atoms with Gasteiger partial charge in [0.05, 0.1) is 0 Å². The summed E-state index contributed by atoms with van der Waals surface area (Å²) >= 11 is 0. The highest BCUT2D eigenvalue weighted by Gasteiger charge is 2.43. The minimum Gasteiger partial charge on any atom is -0.319 e. The molecular weight excluding hydrogens is 268 g/mol. The lowest BCUT2D eigenvalue weighted by Gasteiger charge is -2.40. The van der Waals surface area contributed by atoms with E-state index in [1.165, 1.54) is 4.90 Å². The molecule has 1 aromatic carbocycles. The molecule has 112 valence electrons. The zero-order valence-electron chi connectivity index (χ0n) is 12.6. The second kappa shape index (κ2) is 5.68. The Labute approximate surface area is 124 Å². The van der Waals surface area contributed by atoms with E-state index in [4.69, 9.17) is 0 Å². The summed E-state index contributed by atoms with van der Waals surface area (Å²) < 4.78 is 0. The lowest BCUT2D eigenvalue weighted by atomic mass is 9.97. The molecular formula is C16H20N2O3. The monoisotopic (exact) mass is 288 g/mol. The predicted molar refractivity (Wildman–Crippen MR) is 78.4 cm³/mol. The second-order valence-corrected chi connectivity index (χ2v) is 5.84. The van der Waals surface area contributed by atoms with E-state index in [0.29, 0.717) is 6.42 Å². The molecule has 1 aliphatic rings. The molecule has 0 aromatic heterocycles. The van der Waals surface area contributed by atoms with Crippen LogP contribution in [0.1, 0.15) is 31.4 Å². The maximum Gasteiger partial charge on any atom is 0.252 e. The summed E-state index contributed by atoms with van der Waals surface area (Å²) in [4.78, 5) is 37.1. The van der Waals surface area contributed by atoms with Gasteiger partial charge in [0.15, 0.2) is 0 Å². The molecule has 1 fully saturated rings. The highest BCUT2D eigenvalue weighted by Crippen LogP contribution is 2.20. The fourth-order valence-electron chi connectivity index (χ4n) is 2.45. The van der Waals surface area contributed by atoms with Gasteiger partial charge in [0.2, 0.25) is 11.8 Å². The number of nitrogens with zero attached hydrogens (tertiary/aromatic N) is 1. The molecule has 0 bridgehead atoms. The average molecular weight is 288 g/mol. The first kappa shape index (κ1) is 15.2. The van der Waals surface area contributed by atoms with Gasteiger partial charge in [-0.15, -0.1) is 0 Å². The third kappa shape index (κ3) is 3.12. The van der Waals surface area contributed by atoms with E-state index in [1.807, 2.05) is 31.2 Å². The maximum absolute atomic E-state index is 12.4. The van der Waals surface area contributed by atoms with E-state index in [0.717, 1.165) is 11.1 Å². The van der Waals surface area contributed by atoms with E-state index in [-0.39, 0.29) is 18.9 Å². The van der Waals surface area contributed by atoms with Gasteiger partial charge >= 0.3 is 0 Å². The zero-order chi connectivity index (χ0) is 15.6. The van der Waals surface area contributed by atoms with Crippen molar-refractivity contribution < 1.29 is 14.4 Å². The standard InChI is InChI=1S/C16H20N2O3/c1-11-6-4-5-7-12(11)8-9-14(20)18-10-13(19)17-15(21)16(18,2)3/h4-7H,8-10H2,1-3H3,(H,17,19,21). The Balaban J connectivity index is 2.07. The topological polar surface area (TPSA) is 66.5 Å². The minimum atomic E-state index is -0.989. The minimum absolute atomic E-state index is 0.0641. The number of aryl methyl sites for hydroxylation is 2. The van der Waals surface area contributed by atoms with E-state index in [9.17, 15) is 14.4 Å². The Morgan fingerprint density at radius 2 is 1.95 bits per heavy atom. The number of benzene rings is 1. The largest absolute Gasteiger partial charge is 0.319 e. The Hall–Kier alpha value is -2.17. The Bertz CT molecular complexity index is 593. The van der Waals surface area contributed by atoms with Gasteiger partial charge in [-0.3, -0.25) is 19.7 Å². The van der Waals surface area contributed by atoms with Crippen molar-refractivity contribution in [1.82, 2.24) is 10.2 Å². The molecule has 5 nitrogen and oxygen atoms in total. The highest BCUT2D eigenvalue weighted by atomic mass is 16.2. The zero-order valence-corrected chi connectivity index (χ0v) is 12.6. The quantitative estimate of drug-likeness (QED) is 0.850. The van der Waals surface area contributed by atoms with Crippen molar-refractivity contribution >= 4 is 17.7 Å². The van der Waals surface area contributed by atoms with Crippen molar-refractivity contribution in [3.05, 3.63) is 35.4 Å². The molecule has 2 rings (SSSR count). The van der Waals surface area contributed by atoms with Crippen LogP contribution in [-0.4, -0.2) is 34.7 Å². The fraction of sp³-hybridized carbons (Fsp3) is 0.438. The summed E-state index contributed by atoms with van der Waals surface area (Å²) in [6.45, 7) is 5.24. The van der Waals surface area contributed by atoms with Gasteiger partial charge in [-0.05, 0) is 38.3 Å². The van der Waals surface area contributed by atoms with E-state index >= 15 is 0 Å². The summed E-state index contributed by atoms with van der Waals surface area (Å²) in [5.41, 5.74) is 1.25. The first-order valence-electron chi connectivity index (χ1n) is 7.01. The van der Waals surface area contributed by atoms with Crippen LogP contribution in [0.15, 0.2) is 24.3 Å². The van der Waals surface area contributed by atoms with Gasteiger partial charge in [0.1, 0.15) is 12.1 Å². The van der Waals surface area contributed by atoms with E-state index < -0.39 is 17.4 Å². The Morgan fingerprint density at radius 1 is 1.29 bits per heavy atom. The van der Waals surface area contributed by atoms with Crippen molar-refractivity contribution in [3.8, 4) is 0 Å². The van der Waals surface area contributed by atoms with E-state index in [1.54, 1.807) is 13.8 Å². The summed E-state index contributed by atoms with van der Waals surface area (Å²) in [7, 11) is 0. The molecule has 1 heterocycles. The number of amides is 3. The molecule has 21 heavy (non-hydrogen) atoms. The lowest BCUT2D eigenvalue weighted by Crippen LogP contribution is -2.65. The molecule has 3 amide bonds. The van der Waals surface area contributed by atoms with Crippen LogP contribution in [0.5, 0.6) is 0 Å². The summed E-state index contributed by atoms with van der Waals surface area (Å²) in [5, 5.41) is 2.27. The average Bonchev–Trinajstić information content (AvgIpc) is 2.42. The molecule has 1 aromatic rings. The number of carbonyl (C=O) groups excluding carboxylic acids is 3. The highest BCUT2D eigenvalue weighted by molar-refractivity contribution is 6.06. The van der Waals surface area contributed by atoms with Gasteiger partial charge in [-0.1, -0.05) is 24.3 Å². The van der Waals surface area contributed by atoms with Crippen molar-refractivity contribution in [1.29, 1.82) is 0 Å². The lowest BCUT2D eigenvalue weighted by molar-refractivity contribution is -0.155. The van der Waals surface area contributed by atoms with Crippen molar-refractivity contribution in [3.63, 3.8) is 0 Å². The Kier molecular flexibility index (Phi) is 4.11. The van der Waals surface area contributed by atoms with Crippen LogP contribution < -0.4 is 5.32 Å². The van der Waals surface area contributed by atoms with Crippen LogP contribution in [0.25, 0.3) is 0 Å². The molecule has 0 aliphatic carbocycles. The smallest absolute Gasteiger partial charge is 0.252 e. The summed E-state index contributed by atoms with van der Waals surface area (Å²) in [6, 6.07) is 7.88. The number of carbonyl (C=O) groups is 3. The molecule has 0 saturated carbocycles. The fourth-order valence-corrected chi connectivity index (χ4v) is 2.45. The van der Waals surface area contributed by atoms with Crippen LogP contribution in [0.2, 0.25) is 0 Å².